The van der Waals surface area contributed by atoms with E-state index < -0.39 is 6.43 Å². The van der Waals surface area contributed by atoms with Crippen LogP contribution in [0.4, 0.5) is 14.5 Å². The van der Waals surface area contributed by atoms with Crippen molar-refractivity contribution in [3.63, 3.8) is 0 Å². The van der Waals surface area contributed by atoms with Gasteiger partial charge in [0.05, 0.1) is 11.6 Å². The fraction of sp³-hybridized carbons (Fsp3) is 0.250. The molecule has 0 fully saturated rings. The predicted molar refractivity (Wildman–Crippen MR) is 48.6 cm³/mol. The number of alkyl halides is 3. The topological polar surface area (TPSA) is 56.0 Å². The van der Waals surface area contributed by atoms with Crippen molar-refractivity contribution in [3.8, 4) is 0 Å². The van der Waals surface area contributed by atoms with Gasteiger partial charge in [-0.05, 0) is 0 Å². The second-order valence-electron chi connectivity index (χ2n) is 2.54. The van der Waals surface area contributed by atoms with Crippen molar-refractivity contribution >= 4 is 23.6 Å². The fourth-order valence-electron chi connectivity index (χ4n) is 1.03. The first-order chi connectivity index (χ1) is 6.61. The van der Waals surface area contributed by atoms with Gasteiger partial charge in [0.2, 0.25) is 0 Å². The van der Waals surface area contributed by atoms with E-state index in [2.05, 4.69) is 4.98 Å². The number of nitrogens with two attached hydrogens (primary N) is 1. The summed E-state index contributed by atoms with van der Waals surface area (Å²) < 4.78 is 24.8. The lowest BCUT2D eigenvalue weighted by Gasteiger charge is -2.09. The number of rotatable bonds is 3. The molecule has 0 bridgehead atoms. The highest BCUT2D eigenvalue weighted by atomic mass is 35.5. The summed E-state index contributed by atoms with van der Waals surface area (Å²) in [5.74, 6) is -0.172. The Morgan fingerprint density at radius 3 is 2.71 bits per heavy atom. The van der Waals surface area contributed by atoms with Crippen molar-refractivity contribution in [1.29, 1.82) is 0 Å². The summed E-state index contributed by atoms with van der Waals surface area (Å²) in [6, 6.07) is 0. The third-order valence-electron chi connectivity index (χ3n) is 1.77. The third kappa shape index (κ3) is 1.82. The number of aldehydes is 1. The van der Waals surface area contributed by atoms with Gasteiger partial charge in [0.1, 0.15) is 5.69 Å². The molecule has 0 aliphatic heterocycles. The van der Waals surface area contributed by atoms with Crippen LogP contribution in [0.2, 0.25) is 0 Å². The highest BCUT2D eigenvalue weighted by molar-refractivity contribution is 6.17. The van der Waals surface area contributed by atoms with E-state index in [1.165, 1.54) is 0 Å². The number of hydrogen-bond donors (Lipinski definition) is 1. The third-order valence-corrected chi connectivity index (χ3v) is 2.04. The van der Waals surface area contributed by atoms with E-state index in [9.17, 15) is 13.6 Å². The Morgan fingerprint density at radius 1 is 1.64 bits per heavy atom. The van der Waals surface area contributed by atoms with Crippen molar-refractivity contribution in [3.05, 3.63) is 23.0 Å². The van der Waals surface area contributed by atoms with Crippen molar-refractivity contribution in [2.75, 3.05) is 5.73 Å². The molecular weight excluding hydrogens is 214 g/mol. The maximum atomic E-state index is 12.4. The van der Waals surface area contributed by atoms with E-state index in [4.69, 9.17) is 17.3 Å². The second-order valence-corrected chi connectivity index (χ2v) is 2.81. The first-order valence-electron chi connectivity index (χ1n) is 3.68. The molecule has 0 radical (unpaired) electrons. The zero-order valence-corrected chi connectivity index (χ0v) is 7.76. The van der Waals surface area contributed by atoms with Crippen molar-refractivity contribution in [1.82, 2.24) is 4.98 Å². The van der Waals surface area contributed by atoms with E-state index in [1.807, 2.05) is 0 Å². The molecule has 0 atom stereocenters. The van der Waals surface area contributed by atoms with Crippen LogP contribution in [0.5, 0.6) is 0 Å². The molecule has 0 aliphatic rings. The molecule has 0 amide bonds. The van der Waals surface area contributed by atoms with Gasteiger partial charge >= 0.3 is 0 Å². The van der Waals surface area contributed by atoms with E-state index in [0.717, 1.165) is 6.20 Å². The zero-order valence-electron chi connectivity index (χ0n) is 7.01. The van der Waals surface area contributed by atoms with Gasteiger partial charge in [-0.15, -0.1) is 11.6 Å². The SMILES string of the molecule is Nc1c(C=O)ncc(C(F)F)c1CCl. The molecule has 0 saturated carbocycles. The number of nitrogen functional groups attached to an aromatic ring is 1. The van der Waals surface area contributed by atoms with Crippen LogP contribution in [0.15, 0.2) is 6.20 Å². The van der Waals surface area contributed by atoms with E-state index in [1.54, 1.807) is 0 Å². The van der Waals surface area contributed by atoms with Crippen LogP contribution in [-0.4, -0.2) is 11.3 Å². The monoisotopic (exact) mass is 220 g/mol. The Hall–Kier alpha value is -1.23. The highest BCUT2D eigenvalue weighted by Crippen LogP contribution is 2.28. The van der Waals surface area contributed by atoms with Gasteiger partial charge in [-0.25, -0.2) is 8.78 Å². The quantitative estimate of drug-likeness (QED) is 0.627. The smallest absolute Gasteiger partial charge is 0.265 e. The summed E-state index contributed by atoms with van der Waals surface area (Å²) in [5, 5.41) is 0. The average molecular weight is 221 g/mol. The minimum atomic E-state index is -2.70. The minimum absolute atomic E-state index is 0.0648. The molecule has 0 aromatic carbocycles. The van der Waals surface area contributed by atoms with Crippen LogP contribution < -0.4 is 5.73 Å². The van der Waals surface area contributed by atoms with Crippen molar-refractivity contribution < 1.29 is 13.6 Å². The number of hydrogen-bond acceptors (Lipinski definition) is 3. The van der Waals surface area contributed by atoms with Gasteiger partial charge in [0, 0.05) is 17.3 Å². The Morgan fingerprint density at radius 2 is 2.29 bits per heavy atom. The number of anilines is 1. The number of carbonyl (C=O) groups excluding carboxylic acids is 1. The lowest BCUT2D eigenvalue weighted by Crippen LogP contribution is -2.05. The normalized spacial score (nSPS) is 10.6. The summed E-state index contributed by atoms with van der Waals surface area (Å²) in [6.45, 7) is 0. The van der Waals surface area contributed by atoms with Crippen LogP contribution in [-0.2, 0) is 5.88 Å². The molecule has 1 rings (SSSR count). The van der Waals surface area contributed by atoms with Gasteiger partial charge in [-0.1, -0.05) is 0 Å². The first-order valence-corrected chi connectivity index (χ1v) is 4.21. The molecule has 0 saturated heterocycles. The molecule has 14 heavy (non-hydrogen) atoms. The summed E-state index contributed by atoms with van der Waals surface area (Å²) in [4.78, 5) is 13.9. The summed E-state index contributed by atoms with van der Waals surface area (Å²) >= 11 is 5.45. The summed E-state index contributed by atoms with van der Waals surface area (Å²) in [6.07, 6.45) is -1.37. The lowest BCUT2D eigenvalue weighted by atomic mass is 10.1. The molecular formula is C8H7ClF2N2O. The Bertz CT molecular complexity index is 357. The molecule has 0 spiro atoms. The van der Waals surface area contributed by atoms with Gasteiger partial charge in [0.15, 0.2) is 6.29 Å². The number of carbonyl (C=O) groups is 1. The standard InChI is InChI=1S/C8H7ClF2N2O/c9-1-4-5(8(10)11)2-13-6(3-14)7(4)12/h2-3,8H,1,12H2. The van der Waals surface area contributed by atoms with E-state index in [0.29, 0.717) is 6.29 Å². The molecule has 6 heteroatoms. The maximum Gasteiger partial charge on any atom is 0.265 e. The molecule has 0 unspecified atom stereocenters. The molecule has 1 aromatic heterocycles. The fourth-order valence-corrected chi connectivity index (χ4v) is 1.33. The van der Waals surface area contributed by atoms with Gasteiger partial charge in [-0.3, -0.25) is 9.78 Å². The average Bonchev–Trinajstić information content (AvgIpc) is 2.17. The summed E-state index contributed by atoms with van der Waals surface area (Å²) in [7, 11) is 0. The van der Waals surface area contributed by atoms with E-state index in [-0.39, 0.29) is 28.4 Å². The largest absolute Gasteiger partial charge is 0.397 e. The Labute approximate surface area is 83.9 Å². The van der Waals surface area contributed by atoms with Crippen molar-refractivity contribution in [2.24, 2.45) is 0 Å². The maximum absolute atomic E-state index is 12.4. The van der Waals surface area contributed by atoms with Crippen LogP contribution in [0.25, 0.3) is 0 Å². The van der Waals surface area contributed by atoms with E-state index >= 15 is 0 Å². The molecule has 1 aromatic rings. The van der Waals surface area contributed by atoms with Gasteiger partial charge in [0.25, 0.3) is 6.43 Å². The van der Waals surface area contributed by atoms with Gasteiger partial charge < -0.3 is 5.73 Å². The summed E-state index contributed by atoms with van der Waals surface area (Å²) in [5.41, 5.74) is 5.03. The molecule has 2 N–H and O–H groups in total. The predicted octanol–water partition coefficient (Wildman–Crippen LogP) is 2.15. The molecule has 76 valence electrons. The van der Waals surface area contributed by atoms with Crippen LogP contribution >= 0.6 is 11.6 Å². The lowest BCUT2D eigenvalue weighted by molar-refractivity contribution is 0.111. The van der Waals surface area contributed by atoms with Crippen LogP contribution in [0.1, 0.15) is 28.0 Å². The number of nitrogens with zero attached hydrogens (tertiary/aromatic N) is 1. The van der Waals surface area contributed by atoms with Crippen LogP contribution in [0, 0.1) is 0 Å². The minimum Gasteiger partial charge on any atom is -0.397 e. The second kappa shape index (κ2) is 4.32. The molecule has 1 heterocycles. The number of aromatic nitrogens is 1. The Balaban J connectivity index is 3.35. The van der Waals surface area contributed by atoms with Gasteiger partial charge in [-0.2, -0.15) is 0 Å². The number of halogens is 3. The van der Waals surface area contributed by atoms with Crippen molar-refractivity contribution in [2.45, 2.75) is 12.3 Å². The Kier molecular flexibility index (Phi) is 3.35. The highest BCUT2D eigenvalue weighted by Gasteiger charge is 2.17. The van der Waals surface area contributed by atoms with Crippen LogP contribution in [0.3, 0.4) is 0 Å². The molecule has 3 nitrogen and oxygen atoms in total. The molecule has 0 aliphatic carbocycles. The zero-order chi connectivity index (χ0) is 10.7. The first kappa shape index (κ1) is 10.8. The number of pyridine rings is 1.